The molecular formula is C118H192. The maximum atomic E-state index is 1.71. The summed E-state index contributed by atoms with van der Waals surface area (Å²) in [6.07, 6.45) is 121. The Morgan fingerprint density at radius 3 is 0.381 bits per heavy atom. The first kappa shape index (κ1) is 82.4. The molecule has 0 nitrogen and oxygen atoms in total. The molecule has 0 aromatic rings. The van der Waals surface area contributed by atoms with Gasteiger partial charge in [0.1, 0.15) is 0 Å². The Bertz CT molecular complexity index is 2860. The second-order valence-electron chi connectivity index (χ2n) is 52.7. The molecule has 30 unspecified atom stereocenters. The van der Waals surface area contributed by atoms with E-state index in [2.05, 4.69) is 0 Å². The maximum absolute atomic E-state index is 1.71. The minimum Gasteiger partial charge on any atom is -0.0533 e. The number of hydrogen-bond acceptors (Lipinski definition) is 0. The molecule has 23 saturated carbocycles. The third-order valence-electron chi connectivity index (χ3n) is 49.3. The van der Waals surface area contributed by atoms with E-state index in [4.69, 9.17) is 0 Å². The Morgan fingerprint density at radius 2 is 0.178 bits per heavy atom. The summed E-state index contributed by atoms with van der Waals surface area (Å²) in [6.45, 7) is 0. The van der Waals surface area contributed by atoms with Gasteiger partial charge in [0.25, 0.3) is 0 Å². The van der Waals surface area contributed by atoms with E-state index in [9.17, 15) is 0 Å². The van der Waals surface area contributed by atoms with E-state index in [1.165, 1.54) is 0 Å². The van der Waals surface area contributed by atoms with E-state index in [1.54, 1.807) is 475 Å². The lowest BCUT2D eigenvalue weighted by Gasteiger charge is -2.67. The third kappa shape index (κ3) is 15.4. The average Bonchev–Trinajstić information content (AvgIpc) is 0.702. The zero-order valence-electron chi connectivity index (χ0n) is 77.7. The Hall–Kier alpha value is 0. The van der Waals surface area contributed by atoms with Crippen LogP contribution in [0.25, 0.3) is 0 Å². The van der Waals surface area contributed by atoms with E-state index in [1.807, 2.05) is 0 Å². The van der Waals surface area contributed by atoms with Gasteiger partial charge in [-0.05, 0) is 414 Å². The van der Waals surface area contributed by atoms with Crippen molar-refractivity contribution in [3.8, 4) is 0 Å². The van der Waals surface area contributed by atoms with Crippen LogP contribution in [-0.2, 0) is 0 Å². The van der Waals surface area contributed by atoms with Crippen molar-refractivity contribution in [2.24, 2.45) is 260 Å². The zero-order chi connectivity index (χ0) is 77.7. The van der Waals surface area contributed by atoms with Gasteiger partial charge in [-0.3, -0.25) is 0 Å². The quantitative estimate of drug-likeness (QED) is 0.163. The zero-order valence-corrected chi connectivity index (χ0v) is 77.7. The van der Waals surface area contributed by atoms with Crippen molar-refractivity contribution in [3.63, 3.8) is 0 Å². The van der Waals surface area contributed by atoms with Crippen LogP contribution in [0.15, 0.2) is 0 Å². The van der Waals surface area contributed by atoms with E-state index in [0.29, 0.717) is 0 Å². The van der Waals surface area contributed by atoms with Gasteiger partial charge in [0.2, 0.25) is 0 Å². The van der Waals surface area contributed by atoms with Crippen LogP contribution < -0.4 is 0 Å². The summed E-state index contributed by atoms with van der Waals surface area (Å²) in [4.78, 5) is 0. The molecule has 0 spiro atoms. The minimum atomic E-state index is 1.06. The lowest BCUT2D eigenvalue weighted by molar-refractivity contribution is -0.193. The highest BCUT2D eigenvalue weighted by Crippen LogP contribution is 2.75. The molecule has 0 heterocycles. The van der Waals surface area contributed by atoms with Crippen LogP contribution in [-0.4, -0.2) is 0 Å². The summed E-state index contributed by atoms with van der Waals surface area (Å²) in [6, 6.07) is 0. The molecular weight excluding hydrogens is 1420 g/mol. The number of rotatable bonds is 14. The molecule has 0 aromatic carbocycles. The van der Waals surface area contributed by atoms with E-state index in [-0.39, 0.29) is 0 Å². The molecule has 118 heavy (non-hydrogen) atoms. The van der Waals surface area contributed by atoms with Crippen molar-refractivity contribution >= 4 is 0 Å². The highest BCUT2D eigenvalue weighted by atomic mass is 14.7. The van der Waals surface area contributed by atoms with Crippen molar-refractivity contribution in [2.75, 3.05) is 0 Å². The van der Waals surface area contributed by atoms with Gasteiger partial charge in [0.15, 0.2) is 0 Å². The molecule has 0 aromatic heterocycles. The molecule has 0 N–H and O–H groups in total. The first-order chi connectivity index (χ1) is 58.6. The SMILES string of the molecule is C1CCC(C2C(C3CCCCC3)C(C3CCCCC3)C(C3CCC4CCC5CCCC6CCC3C4C56)C(C3CCC(C4C5CCCCC5C(C5CCC(C6C(C7CCCCC7)C(C7CCCCC7)C(C7CCCCC7)C(C7CCCCC7)C6C6CCC7CCC8CCCC9CCC6C7C89)CC5)C5CCCCC54)CC3)C2C2CCCCC2)CC1. The normalized spacial score (nSPS) is 51.7. The first-order valence-electron chi connectivity index (χ1n) is 58.6. The molecule has 23 aliphatic carbocycles. The molecule has 30 atom stereocenters. The molecule has 0 saturated heterocycles. The fourth-order valence-electron chi connectivity index (χ4n) is 46.4. The van der Waals surface area contributed by atoms with Crippen LogP contribution in [0.5, 0.6) is 0 Å². The largest absolute Gasteiger partial charge is 0.0533 e. The van der Waals surface area contributed by atoms with E-state index >= 15 is 0 Å². The maximum Gasteiger partial charge on any atom is -0.0315 e. The van der Waals surface area contributed by atoms with Crippen molar-refractivity contribution in [1.29, 1.82) is 0 Å². The Kier molecular flexibility index (Phi) is 25.9. The monoisotopic (exact) mass is 1610 g/mol. The van der Waals surface area contributed by atoms with Gasteiger partial charge < -0.3 is 0 Å². The second kappa shape index (κ2) is 37.1. The summed E-state index contributed by atoms with van der Waals surface area (Å²) >= 11 is 0. The predicted molar refractivity (Wildman–Crippen MR) is 495 cm³/mol. The van der Waals surface area contributed by atoms with Crippen molar-refractivity contribution < 1.29 is 0 Å². The Morgan fingerprint density at radius 1 is 0.0593 bits per heavy atom. The summed E-state index contributed by atoms with van der Waals surface area (Å²) < 4.78 is 0. The summed E-state index contributed by atoms with van der Waals surface area (Å²) in [5.74, 6) is 48.3. The highest BCUT2D eigenvalue weighted by molar-refractivity contribution is 5.17. The average molecular weight is 1610 g/mol. The number of hydrogen-bond donors (Lipinski definition) is 0. The van der Waals surface area contributed by atoms with Crippen molar-refractivity contribution in [1.82, 2.24) is 0 Å². The smallest absolute Gasteiger partial charge is 0.0315 e. The topological polar surface area (TPSA) is 0 Å². The standard InChI is InChI=1S/C118H192/c1-9-31-75(32-10-1)107-109(77-35-13-3-14-36-77)113(81-43-21-7-22-44-81)117(99-73-69-89-61-55-83-47-29-49-85-67-71-97(99)105(89)101(83)85)115(111(107)79-39-17-5-18-40-79)91-63-57-87(58-64-91)103-93-51-25-27-53-95(93)104(96-54-28-26-52-94(96)103)88-59-65-92(66-60-88)116-112(80-41-19-6-20-42-80)108(76-33-11-2-12-34-76)110(78-37-15-4-16-38-78)114(82-45-23-8-24-46-82)118(116)100-74-70-90-62-56-84-48-30-50-86-68-72-98(100)106(90)102(84)86/h75-118H,1-74H2. The lowest BCUT2D eigenvalue weighted by atomic mass is 9.37. The van der Waals surface area contributed by atoms with Gasteiger partial charge in [-0.15, -0.1) is 0 Å². The molecule has 23 aliphatic rings. The fraction of sp³-hybridized carbons (Fsp3) is 1.00. The molecule has 0 aliphatic heterocycles. The van der Waals surface area contributed by atoms with Crippen LogP contribution in [0.2, 0.25) is 0 Å². The molecule has 664 valence electrons. The van der Waals surface area contributed by atoms with Crippen LogP contribution in [0.4, 0.5) is 0 Å². The molecule has 0 bridgehead atoms. The summed E-state index contributed by atoms with van der Waals surface area (Å²) in [5.41, 5.74) is 0. The van der Waals surface area contributed by atoms with Crippen LogP contribution >= 0.6 is 0 Å². The van der Waals surface area contributed by atoms with E-state index < -0.39 is 0 Å². The highest BCUT2D eigenvalue weighted by Gasteiger charge is 2.68. The van der Waals surface area contributed by atoms with Crippen molar-refractivity contribution in [2.45, 2.75) is 475 Å². The number of fused-ring (bicyclic) bond motifs is 2. The molecule has 0 amide bonds. The molecule has 23 fully saturated rings. The summed E-state index contributed by atoms with van der Waals surface area (Å²) in [5, 5.41) is 0. The first-order valence-corrected chi connectivity index (χ1v) is 58.6. The van der Waals surface area contributed by atoms with Crippen LogP contribution in [0, 0.1) is 260 Å². The van der Waals surface area contributed by atoms with Gasteiger partial charge >= 0.3 is 0 Å². The summed E-state index contributed by atoms with van der Waals surface area (Å²) in [7, 11) is 0. The van der Waals surface area contributed by atoms with Gasteiger partial charge in [0.05, 0.1) is 0 Å². The Labute approximate surface area is 730 Å². The second-order valence-corrected chi connectivity index (χ2v) is 52.7. The molecule has 0 radical (unpaired) electrons. The van der Waals surface area contributed by atoms with Crippen molar-refractivity contribution in [3.05, 3.63) is 0 Å². The van der Waals surface area contributed by atoms with E-state index in [0.717, 1.165) is 260 Å². The minimum absolute atomic E-state index is 1.06. The van der Waals surface area contributed by atoms with Gasteiger partial charge in [0, 0.05) is 0 Å². The van der Waals surface area contributed by atoms with Gasteiger partial charge in [-0.1, -0.05) is 321 Å². The molecule has 23 rings (SSSR count). The lowest BCUT2D eigenvalue weighted by Crippen LogP contribution is -2.62. The molecule has 0 heteroatoms. The Balaban J connectivity index is 0.576. The third-order valence-corrected chi connectivity index (χ3v) is 49.3. The fourth-order valence-corrected chi connectivity index (χ4v) is 46.4. The van der Waals surface area contributed by atoms with Crippen LogP contribution in [0.1, 0.15) is 475 Å². The van der Waals surface area contributed by atoms with Gasteiger partial charge in [-0.25, -0.2) is 0 Å². The predicted octanol–water partition coefficient (Wildman–Crippen LogP) is 34.3. The van der Waals surface area contributed by atoms with Crippen LogP contribution in [0.3, 0.4) is 0 Å². The van der Waals surface area contributed by atoms with Gasteiger partial charge in [-0.2, -0.15) is 0 Å².